The first kappa shape index (κ1) is 19.7. The predicted octanol–water partition coefficient (Wildman–Crippen LogP) is 6.10. The number of aromatic nitrogens is 2. The number of hydrogen-bond donors (Lipinski definition) is 0. The lowest BCUT2D eigenvalue weighted by Gasteiger charge is -2.03. The van der Waals surface area contributed by atoms with Crippen molar-refractivity contribution in [2.75, 3.05) is 7.11 Å². The van der Waals surface area contributed by atoms with E-state index >= 15 is 0 Å². The molecular formula is C25H19ClN2O2. The van der Waals surface area contributed by atoms with E-state index < -0.39 is 0 Å². The van der Waals surface area contributed by atoms with E-state index in [-0.39, 0.29) is 5.78 Å². The van der Waals surface area contributed by atoms with Crippen LogP contribution in [-0.4, -0.2) is 22.7 Å². The molecule has 1 heterocycles. The Balaban J connectivity index is 1.75. The molecule has 0 spiro atoms. The number of benzene rings is 3. The predicted molar refractivity (Wildman–Crippen MR) is 120 cm³/mol. The van der Waals surface area contributed by atoms with Gasteiger partial charge in [0.15, 0.2) is 5.78 Å². The first-order chi connectivity index (χ1) is 14.6. The van der Waals surface area contributed by atoms with E-state index in [4.69, 9.17) is 21.4 Å². The van der Waals surface area contributed by atoms with Gasteiger partial charge in [0.25, 0.3) is 0 Å². The van der Waals surface area contributed by atoms with E-state index in [1.165, 1.54) is 0 Å². The third kappa shape index (κ3) is 4.34. The second-order valence-corrected chi connectivity index (χ2v) is 7.09. The maximum absolute atomic E-state index is 12.5. The molecular weight excluding hydrogens is 396 g/mol. The van der Waals surface area contributed by atoms with Crippen LogP contribution in [0.1, 0.15) is 15.9 Å². The molecule has 4 rings (SSSR count). The third-order valence-electron chi connectivity index (χ3n) is 4.65. The van der Waals surface area contributed by atoms with Gasteiger partial charge < -0.3 is 4.74 Å². The quantitative estimate of drug-likeness (QED) is 0.283. The summed E-state index contributed by atoms with van der Waals surface area (Å²) in [6.07, 6.45) is 5.25. The summed E-state index contributed by atoms with van der Waals surface area (Å²) in [6.45, 7) is 0. The van der Waals surface area contributed by atoms with Gasteiger partial charge in [0.2, 0.25) is 0 Å². The first-order valence-electron chi connectivity index (χ1n) is 9.41. The number of rotatable bonds is 6. The molecule has 1 aromatic heterocycles. The van der Waals surface area contributed by atoms with E-state index in [0.717, 1.165) is 28.3 Å². The highest BCUT2D eigenvalue weighted by Gasteiger charge is 2.12. The van der Waals surface area contributed by atoms with Gasteiger partial charge in [-0.2, -0.15) is 5.10 Å². The largest absolute Gasteiger partial charge is 0.497 e. The normalized spacial score (nSPS) is 11.0. The van der Waals surface area contributed by atoms with E-state index in [9.17, 15) is 4.79 Å². The fourth-order valence-electron chi connectivity index (χ4n) is 3.10. The van der Waals surface area contributed by atoms with Crippen LogP contribution in [0.2, 0.25) is 5.02 Å². The molecule has 0 bridgehead atoms. The van der Waals surface area contributed by atoms with Crippen LogP contribution in [0.25, 0.3) is 23.0 Å². The Labute approximate surface area is 180 Å². The van der Waals surface area contributed by atoms with Crippen LogP contribution >= 0.6 is 11.6 Å². The summed E-state index contributed by atoms with van der Waals surface area (Å²) in [5.41, 5.74) is 3.98. The van der Waals surface area contributed by atoms with Gasteiger partial charge in [-0.05, 0) is 54.6 Å². The van der Waals surface area contributed by atoms with Crippen LogP contribution in [0.3, 0.4) is 0 Å². The summed E-state index contributed by atoms with van der Waals surface area (Å²) in [7, 11) is 1.63. The minimum atomic E-state index is -0.0632. The molecule has 0 aliphatic carbocycles. The molecule has 148 valence electrons. The van der Waals surface area contributed by atoms with Gasteiger partial charge in [-0.15, -0.1) is 0 Å². The summed E-state index contributed by atoms with van der Waals surface area (Å²) in [6, 6.07) is 24.3. The van der Waals surface area contributed by atoms with Crippen LogP contribution in [0, 0.1) is 0 Å². The molecule has 4 nitrogen and oxygen atoms in total. The average molecular weight is 415 g/mol. The molecule has 0 atom stereocenters. The number of ether oxygens (including phenoxy) is 1. The lowest BCUT2D eigenvalue weighted by atomic mass is 10.1. The Kier molecular flexibility index (Phi) is 5.77. The number of carbonyl (C=O) groups excluding carboxylic acids is 1. The van der Waals surface area contributed by atoms with Gasteiger partial charge in [0.05, 0.1) is 18.5 Å². The Morgan fingerprint density at radius 2 is 1.77 bits per heavy atom. The Bertz CT molecular complexity index is 1200. The average Bonchev–Trinajstić information content (AvgIpc) is 3.22. The minimum Gasteiger partial charge on any atom is -0.497 e. The van der Waals surface area contributed by atoms with Crippen molar-refractivity contribution in [1.82, 2.24) is 9.78 Å². The standard InChI is InChI=1S/C25H19ClN2O2/c1-30-23-13-10-19(11-14-23)25-20(12-15-24(29)18-6-3-2-4-7-18)17-28(27-25)22-9-5-8-21(26)16-22/h2-17H,1H3/b15-12+. The van der Waals surface area contributed by atoms with Gasteiger partial charge in [0, 0.05) is 27.9 Å². The van der Waals surface area contributed by atoms with Crippen molar-refractivity contribution in [1.29, 1.82) is 0 Å². The van der Waals surface area contributed by atoms with Gasteiger partial charge in [-0.1, -0.05) is 48.0 Å². The van der Waals surface area contributed by atoms with Gasteiger partial charge in [-0.3, -0.25) is 4.79 Å². The van der Waals surface area contributed by atoms with Crippen molar-refractivity contribution in [3.8, 4) is 22.7 Å². The molecule has 0 saturated heterocycles. The number of carbonyl (C=O) groups is 1. The van der Waals surface area contributed by atoms with Crippen molar-refractivity contribution in [2.24, 2.45) is 0 Å². The van der Waals surface area contributed by atoms with Crippen LogP contribution in [-0.2, 0) is 0 Å². The molecule has 0 saturated carbocycles. The van der Waals surface area contributed by atoms with Gasteiger partial charge in [0.1, 0.15) is 5.75 Å². The Morgan fingerprint density at radius 3 is 2.47 bits per heavy atom. The van der Waals surface area contributed by atoms with Crippen molar-refractivity contribution < 1.29 is 9.53 Å². The molecule has 0 aliphatic heterocycles. The highest BCUT2D eigenvalue weighted by atomic mass is 35.5. The lowest BCUT2D eigenvalue weighted by Crippen LogP contribution is -1.94. The molecule has 0 amide bonds. The SMILES string of the molecule is COc1ccc(-c2nn(-c3cccc(Cl)c3)cc2/C=C/C(=O)c2ccccc2)cc1. The lowest BCUT2D eigenvalue weighted by molar-refractivity contribution is 0.104. The van der Waals surface area contributed by atoms with Crippen LogP contribution < -0.4 is 4.74 Å². The molecule has 0 aliphatic rings. The molecule has 0 fully saturated rings. The summed E-state index contributed by atoms with van der Waals surface area (Å²) < 4.78 is 7.01. The summed E-state index contributed by atoms with van der Waals surface area (Å²) in [5.74, 6) is 0.705. The molecule has 0 unspecified atom stereocenters. The number of ketones is 1. The summed E-state index contributed by atoms with van der Waals surface area (Å²) in [4.78, 5) is 12.5. The van der Waals surface area contributed by atoms with Gasteiger partial charge in [-0.25, -0.2) is 4.68 Å². The number of hydrogen-bond acceptors (Lipinski definition) is 3. The molecule has 3 aromatic carbocycles. The van der Waals surface area contributed by atoms with Crippen molar-refractivity contribution in [3.05, 3.63) is 107 Å². The second kappa shape index (κ2) is 8.80. The number of allylic oxidation sites excluding steroid dienone is 1. The zero-order valence-corrected chi connectivity index (χ0v) is 17.1. The number of halogens is 1. The molecule has 4 aromatic rings. The number of methoxy groups -OCH3 is 1. The molecule has 5 heteroatoms. The van der Waals surface area contributed by atoms with Crippen LogP contribution in [0.5, 0.6) is 5.75 Å². The maximum Gasteiger partial charge on any atom is 0.185 e. The molecule has 0 N–H and O–H groups in total. The highest BCUT2D eigenvalue weighted by molar-refractivity contribution is 6.30. The summed E-state index contributed by atoms with van der Waals surface area (Å²) in [5, 5.41) is 5.38. The minimum absolute atomic E-state index is 0.0632. The second-order valence-electron chi connectivity index (χ2n) is 6.65. The Hall–Kier alpha value is -3.63. The van der Waals surface area contributed by atoms with Gasteiger partial charge >= 0.3 is 0 Å². The van der Waals surface area contributed by atoms with Crippen LogP contribution in [0.15, 0.2) is 91.1 Å². The van der Waals surface area contributed by atoms with E-state index in [0.29, 0.717) is 10.6 Å². The smallest absolute Gasteiger partial charge is 0.185 e. The van der Waals surface area contributed by atoms with E-state index in [1.807, 2.05) is 72.9 Å². The maximum atomic E-state index is 12.5. The van der Waals surface area contributed by atoms with Crippen LogP contribution in [0.4, 0.5) is 0 Å². The summed E-state index contributed by atoms with van der Waals surface area (Å²) >= 11 is 6.15. The fourth-order valence-corrected chi connectivity index (χ4v) is 3.28. The zero-order chi connectivity index (χ0) is 20.9. The fraction of sp³-hybridized carbons (Fsp3) is 0.0400. The van der Waals surface area contributed by atoms with Crippen molar-refractivity contribution >= 4 is 23.5 Å². The van der Waals surface area contributed by atoms with E-state index in [1.54, 1.807) is 36.1 Å². The first-order valence-corrected chi connectivity index (χ1v) is 9.79. The highest BCUT2D eigenvalue weighted by Crippen LogP contribution is 2.27. The van der Waals surface area contributed by atoms with Crippen molar-refractivity contribution in [3.63, 3.8) is 0 Å². The molecule has 30 heavy (non-hydrogen) atoms. The molecule has 0 radical (unpaired) electrons. The number of nitrogens with zero attached hydrogens (tertiary/aromatic N) is 2. The monoisotopic (exact) mass is 414 g/mol. The Morgan fingerprint density at radius 1 is 1.00 bits per heavy atom. The van der Waals surface area contributed by atoms with Crippen molar-refractivity contribution in [2.45, 2.75) is 0 Å². The van der Waals surface area contributed by atoms with E-state index in [2.05, 4.69) is 0 Å². The zero-order valence-electron chi connectivity index (χ0n) is 16.3. The third-order valence-corrected chi connectivity index (χ3v) is 4.89. The topological polar surface area (TPSA) is 44.1 Å².